The van der Waals surface area contributed by atoms with Gasteiger partial charge in [0.25, 0.3) is 0 Å². The summed E-state index contributed by atoms with van der Waals surface area (Å²) in [4.78, 5) is 7.94. The third-order valence-electron chi connectivity index (χ3n) is 4.36. The van der Waals surface area contributed by atoms with Gasteiger partial charge in [0.1, 0.15) is 11.8 Å². The third kappa shape index (κ3) is 5.48. The predicted octanol–water partition coefficient (Wildman–Crippen LogP) is 3.66. The minimum absolute atomic E-state index is 0.0525. The third-order valence-corrected chi connectivity index (χ3v) is 5.27. The summed E-state index contributed by atoms with van der Waals surface area (Å²) in [5.74, 6) is -0.118. The van der Waals surface area contributed by atoms with Gasteiger partial charge in [0.15, 0.2) is 17.7 Å². The number of nitrogens with one attached hydrogen (secondary N) is 2. The quantitative estimate of drug-likeness (QED) is 0.489. The molecule has 9 nitrogen and oxygen atoms in total. The van der Waals surface area contributed by atoms with Gasteiger partial charge in [0.2, 0.25) is 16.0 Å². The molecule has 0 saturated carbocycles. The Kier molecular flexibility index (Phi) is 6.57. The van der Waals surface area contributed by atoms with Crippen LogP contribution in [0.2, 0.25) is 0 Å². The number of halogens is 1. The van der Waals surface area contributed by atoms with Gasteiger partial charge in [-0.1, -0.05) is 6.07 Å². The molecule has 1 aromatic heterocycles. The molecule has 1 heterocycles. The number of sulfonamides is 1. The van der Waals surface area contributed by atoms with Crippen molar-refractivity contribution in [1.82, 2.24) is 9.97 Å². The van der Waals surface area contributed by atoms with E-state index in [-0.39, 0.29) is 16.7 Å². The Morgan fingerprint density at radius 2 is 1.84 bits per heavy atom. The maximum absolute atomic E-state index is 14.3. The second-order valence-electron chi connectivity index (χ2n) is 7.04. The van der Waals surface area contributed by atoms with Crippen molar-refractivity contribution in [2.75, 3.05) is 10.6 Å². The predicted molar refractivity (Wildman–Crippen MR) is 118 cm³/mol. The molecular formula is C21H21FN6O3S. The Morgan fingerprint density at radius 3 is 2.47 bits per heavy atom. The molecule has 3 aromatic rings. The molecule has 0 bridgehead atoms. The zero-order valence-corrected chi connectivity index (χ0v) is 18.4. The fourth-order valence-electron chi connectivity index (χ4n) is 2.94. The standard InChI is InChI=1S/C21H21FN6O3S/c1-12-7-16(8-13(2)19(12)31-14(3)10-23)26-20-18(22)11-25-21(28-20)27-15-5-4-6-17(9-15)32(24,29)30/h4-9,11,14H,1-3H3,(H2,24,29,30)(H2,25,26,27,28). The van der Waals surface area contributed by atoms with Gasteiger partial charge in [0, 0.05) is 11.4 Å². The Labute approximate surface area is 185 Å². The Morgan fingerprint density at radius 1 is 1.16 bits per heavy atom. The molecular weight excluding hydrogens is 435 g/mol. The number of anilines is 4. The molecule has 3 rings (SSSR count). The largest absolute Gasteiger partial charge is 0.475 e. The van der Waals surface area contributed by atoms with Crippen molar-refractivity contribution in [3.05, 3.63) is 59.5 Å². The molecule has 2 aromatic carbocycles. The first kappa shape index (κ1) is 22.9. The van der Waals surface area contributed by atoms with Crippen LogP contribution >= 0.6 is 0 Å². The maximum Gasteiger partial charge on any atom is 0.238 e. The van der Waals surface area contributed by atoms with Gasteiger partial charge >= 0.3 is 0 Å². The van der Waals surface area contributed by atoms with Crippen molar-refractivity contribution in [2.24, 2.45) is 5.14 Å². The van der Waals surface area contributed by atoms with E-state index in [1.54, 1.807) is 25.1 Å². The van der Waals surface area contributed by atoms with Gasteiger partial charge in [-0.25, -0.2) is 22.9 Å². The number of hydrogen-bond acceptors (Lipinski definition) is 8. The number of benzene rings is 2. The van der Waals surface area contributed by atoms with E-state index in [2.05, 4.69) is 20.6 Å². The van der Waals surface area contributed by atoms with Crippen molar-refractivity contribution in [1.29, 1.82) is 5.26 Å². The first-order valence-corrected chi connectivity index (χ1v) is 11.0. The van der Waals surface area contributed by atoms with Crippen LogP contribution in [0.15, 0.2) is 47.5 Å². The SMILES string of the molecule is Cc1cc(Nc2nc(Nc3cccc(S(N)(=O)=O)c3)ncc2F)cc(C)c1OC(C)C#N. The van der Waals surface area contributed by atoms with Crippen LogP contribution in [-0.2, 0) is 10.0 Å². The molecule has 0 aliphatic heterocycles. The van der Waals surface area contributed by atoms with Crippen LogP contribution in [0.3, 0.4) is 0 Å². The van der Waals surface area contributed by atoms with Crippen LogP contribution in [0.25, 0.3) is 0 Å². The van der Waals surface area contributed by atoms with Crippen LogP contribution in [0.1, 0.15) is 18.1 Å². The number of aryl methyl sites for hydroxylation is 2. The molecule has 11 heteroatoms. The van der Waals surface area contributed by atoms with Gasteiger partial charge in [-0.15, -0.1) is 0 Å². The summed E-state index contributed by atoms with van der Waals surface area (Å²) in [6, 6.07) is 11.3. The van der Waals surface area contributed by atoms with Crippen LogP contribution in [-0.4, -0.2) is 24.5 Å². The lowest BCUT2D eigenvalue weighted by Gasteiger charge is -2.16. The summed E-state index contributed by atoms with van der Waals surface area (Å²) in [6.45, 7) is 5.29. The summed E-state index contributed by atoms with van der Waals surface area (Å²) in [7, 11) is -3.88. The van der Waals surface area contributed by atoms with E-state index < -0.39 is 21.9 Å². The minimum atomic E-state index is -3.88. The molecule has 0 saturated heterocycles. The number of hydrogen-bond donors (Lipinski definition) is 3. The van der Waals surface area contributed by atoms with E-state index in [4.69, 9.17) is 15.1 Å². The molecule has 4 N–H and O–H groups in total. The highest BCUT2D eigenvalue weighted by Crippen LogP contribution is 2.30. The number of ether oxygens (including phenoxy) is 1. The molecule has 0 aliphatic rings. The normalized spacial score (nSPS) is 12.0. The molecule has 32 heavy (non-hydrogen) atoms. The average molecular weight is 457 g/mol. The number of primary sulfonamides is 1. The summed E-state index contributed by atoms with van der Waals surface area (Å²) in [5, 5.41) is 19.8. The molecule has 166 valence electrons. The van der Waals surface area contributed by atoms with Crippen molar-refractivity contribution < 1.29 is 17.5 Å². The number of nitrogens with two attached hydrogens (primary N) is 1. The van der Waals surface area contributed by atoms with Crippen LogP contribution < -0.4 is 20.5 Å². The average Bonchev–Trinajstić information content (AvgIpc) is 2.72. The molecule has 1 atom stereocenters. The van der Waals surface area contributed by atoms with E-state index in [0.29, 0.717) is 17.1 Å². The molecule has 0 spiro atoms. The Balaban J connectivity index is 1.85. The molecule has 0 fully saturated rings. The first-order chi connectivity index (χ1) is 15.1. The minimum Gasteiger partial charge on any atom is -0.475 e. The molecule has 0 radical (unpaired) electrons. The van der Waals surface area contributed by atoms with E-state index in [0.717, 1.165) is 17.3 Å². The van der Waals surface area contributed by atoms with Gasteiger partial charge in [-0.2, -0.15) is 10.2 Å². The number of rotatable bonds is 7. The molecule has 0 aliphatic carbocycles. The lowest BCUT2D eigenvalue weighted by Crippen LogP contribution is -2.12. The van der Waals surface area contributed by atoms with Gasteiger partial charge < -0.3 is 15.4 Å². The van der Waals surface area contributed by atoms with Crippen LogP contribution in [0.4, 0.5) is 27.5 Å². The summed E-state index contributed by atoms with van der Waals surface area (Å²) >= 11 is 0. The van der Waals surface area contributed by atoms with Crippen molar-refractivity contribution in [3.8, 4) is 11.8 Å². The lowest BCUT2D eigenvalue weighted by molar-refractivity contribution is 0.273. The van der Waals surface area contributed by atoms with E-state index in [9.17, 15) is 12.8 Å². The van der Waals surface area contributed by atoms with Crippen molar-refractivity contribution >= 4 is 33.2 Å². The van der Waals surface area contributed by atoms with Crippen molar-refractivity contribution in [2.45, 2.75) is 31.8 Å². The van der Waals surface area contributed by atoms with E-state index >= 15 is 0 Å². The summed E-state index contributed by atoms with van der Waals surface area (Å²) in [5.41, 5.74) is 2.47. The Bertz CT molecular complexity index is 1280. The maximum atomic E-state index is 14.3. The van der Waals surface area contributed by atoms with E-state index in [1.165, 1.54) is 18.2 Å². The van der Waals surface area contributed by atoms with Crippen molar-refractivity contribution in [3.63, 3.8) is 0 Å². The zero-order chi connectivity index (χ0) is 23.5. The van der Waals surface area contributed by atoms with Crippen LogP contribution in [0, 0.1) is 31.0 Å². The summed E-state index contributed by atoms with van der Waals surface area (Å²) in [6.07, 6.45) is 0.388. The first-order valence-electron chi connectivity index (χ1n) is 9.44. The zero-order valence-electron chi connectivity index (χ0n) is 17.5. The smallest absolute Gasteiger partial charge is 0.238 e. The monoisotopic (exact) mass is 456 g/mol. The Hall–Kier alpha value is -3.75. The topological polar surface area (TPSA) is 143 Å². The summed E-state index contributed by atoms with van der Waals surface area (Å²) < 4.78 is 43.0. The number of aromatic nitrogens is 2. The van der Waals surface area contributed by atoms with E-state index in [1.807, 2.05) is 19.9 Å². The van der Waals surface area contributed by atoms with Gasteiger partial charge in [-0.3, -0.25) is 0 Å². The number of nitriles is 1. The molecule has 0 amide bonds. The highest BCUT2D eigenvalue weighted by molar-refractivity contribution is 7.89. The fourth-order valence-corrected chi connectivity index (χ4v) is 3.50. The number of nitrogens with zero attached hydrogens (tertiary/aromatic N) is 3. The second-order valence-corrected chi connectivity index (χ2v) is 8.60. The second kappa shape index (κ2) is 9.17. The highest BCUT2D eigenvalue weighted by atomic mass is 32.2. The van der Waals surface area contributed by atoms with Crippen LogP contribution in [0.5, 0.6) is 5.75 Å². The van der Waals surface area contributed by atoms with Gasteiger partial charge in [0.05, 0.1) is 11.1 Å². The molecule has 1 unspecified atom stereocenters. The lowest BCUT2D eigenvalue weighted by atomic mass is 10.1. The van der Waals surface area contributed by atoms with Gasteiger partial charge in [-0.05, 0) is 62.2 Å². The highest BCUT2D eigenvalue weighted by Gasteiger charge is 2.13. The fraction of sp³-hybridized carbons (Fsp3) is 0.190.